The van der Waals surface area contributed by atoms with Crippen molar-refractivity contribution in [3.05, 3.63) is 12.2 Å². The molecular weight excluding hydrogens is 182 g/mol. The Morgan fingerprint density at radius 3 is 2.47 bits per heavy atom. The van der Waals surface area contributed by atoms with Crippen LogP contribution in [0.5, 0.6) is 0 Å². The van der Waals surface area contributed by atoms with E-state index in [4.69, 9.17) is 0 Å². The van der Waals surface area contributed by atoms with Gasteiger partial charge in [-0.1, -0.05) is 24.8 Å². The highest BCUT2D eigenvalue weighted by molar-refractivity contribution is 5.27. The van der Waals surface area contributed by atoms with Crippen LogP contribution in [0.4, 0.5) is 0 Å². The van der Waals surface area contributed by atoms with Crippen LogP contribution >= 0.6 is 0 Å². The fourth-order valence-electron chi connectivity index (χ4n) is 2.31. The van der Waals surface area contributed by atoms with Crippen molar-refractivity contribution in [3.63, 3.8) is 0 Å². The van der Waals surface area contributed by atoms with E-state index in [-0.39, 0.29) is 0 Å². The Bertz CT molecular complexity index is 284. The van der Waals surface area contributed by atoms with E-state index in [0.717, 1.165) is 11.5 Å². The molecule has 1 heterocycles. The summed E-state index contributed by atoms with van der Waals surface area (Å²) >= 11 is 0. The molecule has 0 N–H and O–H groups in total. The summed E-state index contributed by atoms with van der Waals surface area (Å²) in [6.07, 6.45) is 6.88. The normalized spacial score (nSPS) is 24.1. The summed E-state index contributed by atoms with van der Waals surface area (Å²) < 4.78 is 0. The van der Waals surface area contributed by atoms with Gasteiger partial charge in [-0.05, 0) is 57.2 Å². The molecule has 0 aromatic heterocycles. The minimum atomic E-state index is 0.530. The van der Waals surface area contributed by atoms with E-state index in [2.05, 4.69) is 23.3 Å². The lowest BCUT2D eigenvalue weighted by Crippen LogP contribution is -2.39. The monoisotopic (exact) mass is 203 g/mol. The second-order valence-corrected chi connectivity index (χ2v) is 4.93. The number of nitrogens with zero attached hydrogens (tertiary/aromatic N) is 1. The van der Waals surface area contributed by atoms with E-state index in [9.17, 15) is 0 Å². The van der Waals surface area contributed by atoms with Crippen molar-refractivity contribution in [2.24, 2.45) is 5.92 Å². The SMILES string of the molecule is C=C(C)C#CC(C1CC1)N1CCCCC1. The molecule has 1 saturated heterocycles. The van der Waals surface area contributed by atoms with Crippen LogP contribution in [0.25, 0.3) is 0 Å². The van der Waals surface area contributed by atoms with Gasteiger partial charge >= 0.3 is 0 Å². The van der Waals surface area contributed by atoms with Crippen molar-refractivity contribution in [2.75, 3.05) is 13.1 Å². The van der Waals surface area contributed by atoms with Crippen molar-refractivity contribution < 1.29 is 0 Å². The summed E-state index contributed by atoms with van der Waals surface area (Å²) in [5.74, 6) is 7.46. The second-order valence-electron chi connectivity index (χ2n) is 4.93. The number of likely N-dealkylation sites (tertiary alicyclic amines) is 1. The summed E-state index contributed by atoms with van der Waals surface area (Å²) in [6, 6.07) is 0.530. The molecule has 1 unspecified atom stereocenters. The lowest BCUT2D eigenvalue weighted by atomic mass is 10.1. The largest absolute Gasteiger partial charge is 0.290 e. The predicted molar refractivity (Wildman–Crippen MR) is 64.5 cm³/mol. The lowest BCUT2D eigenvalue weighted by Gasteiger charge is -2.31. The smallest absolute Gasteiger partial charge is 0.0746 e. The average Bonchev–Trinajstić information content (AvgIpc) is 3.03. The Hall–Kier alpha value is -0.740. The first-order chi connectivity index (χ1) is 7.27. The molecule has 0 amide bonds. The number of hydrogen-bond acceptors (Lipinski definition) is 1. The highest BCUT2D eigenvalue weighted by Gasteiger charge is 2.34. The quantitative estimate of drug-likeness (QED) is 0.624. The molecule has 1 nitrogen and oxygen atoms in total. The van der Waals surface area contributed by atoms with Crippen molar-refractivity contribution in [2.45, 2.75) is 45.1 Å². The minimum Gasteiger partial charge on any atom is -0.290 e. The Balaban J connectivity index is 1.99. The maximum atomic E-state index is 3.86. The van der Waals surface area contributed by atoms with E-state index in [1.54, 1.807) is 0 Å². The van der Waals surface area contributed by atoms with Crippen LogP contribution in [-0.4, -0.2) is 24.0 Å². The molecule has 1 aliphatic heterocycles. The van der Waals surface area contributed by atoms with Crippen LogP contribution < -0.4 is 0 Å². The molecule has 2 aliphatic rings. The maximum absolute atomic E-state index is 3.86. The zero-order chi connectivity index (χ0) is 10.7. The van der Waals surface area contributed by atoms with Gasteiger partial charge in [-0.15, -0.1) is 0 Å². The lowest BCUT2D eigenvalue weighted by molar-refractivity contribution is 0.181. The number of hydrogen-bond donors (Lipinski definition) is 0. The van der Waals surface area contributed by atoms with Crippen LogP contribution in [0.1, 0.15) is 39.0 Å². The van der Waals surface area contributed by atoms with E-state index in [1.165, 1.54) is 45.2 Å². The second kappa shape index (κ2) is 4.86. The van der Waals surface area contributed by atoms with Gasteiger partial charge in [-0.25, -0.2) is 0 Å². The third kappa shape index (κ3) is 3.11. The Kier molecular flexibility index (Phi) is 3.49. The number of piperidine rings is 1. The topological polar surface area (TPSA) is 3.24 Å². The van der Waals surface area contributed by atoms with Gasteiger partial charge in [-0.3, -0.25) is 4.90 Å². The number of allylic oxidation sites excluding steroid dienone is 1. The average molecular weight is 203 g/mol. The van der Waals surface area contributed by atoms with Crippen LogP contribution in [-0.2, 0) is 0 Å². The molecule has 2 rings (SSSR count). The molecule has 0 spiro atoms. The van der Waals surface area contributed by atoms with E-state index < -0.39 is 0 Å². The molecule has 0 radical (unpaired) electrons. The Morgan fingerprint density at radius 1 is 1.27 bits per heavy atom. The molecule has 1 heteroatoms. The molecule has 0 aromatic carbocycles. The summed E-state index contributed by atoms with van der Waals surface area (Å²) in [5.41, 5.74) is 0.998. The molecule has 1 atom stereocenters. The summed E-state index contributed by atoms with van der Waals surface area (Å²) in [5, 5.41) is 0. The van der Waals surface area contributed by atoms with Crippen molar-refractivity contribution in [3.8, 4) is 11.8 Å². The van der Waals surface area contributed by atoms with Crippen molar-refractivity contribution in [1.82, 2.24) is 4.90 Å². The number of rotatable bonds is 2. The molecular formula is C14H21N. The first-order valence-electron chi connectivity index (χ1n) is 6.18. The van der Waals surface area contributed by atoms with Crippen molar-refractivity contribution >= 4 is 0 Å². The Labute approximate surface area is 93.5 Å². The van der Waals surface area contributed by atoms with Crippen LogP contribution in [0.3, 0.4) is 0 Å². The molecule has 1 saturated carbocycles. The standard InChI is InChI=1S/C14H21N/c1-12(2)6-9-14(13-7-8-13)15-10-4-3-5-11-15/h13-14H,1,3-5,7-8,10-11H2,2H3. The van der Waals surface area contributed by atoms with Gasteiger partial charge in [-0.2, -0.15) is 0 Å². The molecule has 0 bridgehead atoms. The first-order valence-corrected chi connectivity index (χ1v) is 6.18. The predicted octanol–water partition coefficient (Wildman–Crippen LogP) is 2.83. The van der Waals surface area contributed by atoms with Gasteiger partial charge in [0.15, 0.2) is 0 Å². The zero-order valence-corrected chi connectivity index (χ0v) is 9.76. The third-order valence-corrected chi connectivity index (χ3v) is 3.29. The molecule has 1 aliphatic carbocycles. The highest BCUT2D eigenvalue weighted by atomic mass is 15.2. The third-order valence-electron chi connectivity index (χ3n) is 3.29. The first kappa shape index (κ1) is 10.8. The maximum Gasteiger partial charge on any atom is 0.0746 e. The molecule has 2 fully saturated rings. The van der Waals surface area contributed by atoms with Crippen molar-refractivity contribution in [1.29, 1.82) is 0 Å². The van der Waals surface area contributed by atoms with E-state index >= 15 is 0 Å². The Morgan fingerprint density at radius 2 is 1.93 bits per heavy atom. The summed E-state index contributed by atoms with van der Waals surface area (Å²) in [4.78, 5) is 2.59. The molecule has 0 aromatic rings. The van der Waals surface area contributed by atoms with Gasteiger partial charge < -0.3 is 0 Å². The van der Waals surface area contributed by atoms with Crippen LogP contribution in [0, 0.1) is 17.8 Å². The molecule has 82 valence electrons. The fraction of sp³-hybridized carbons (Fsp3) is 0.714. The molecule has 15 heavy (non-hydrogen) atoms. The minimum absolute atomic E-state index is 0.530. The van der Waals surface area contributed by atoms with Gasteiger partial charge in [0.25, 0.3) is 0 Å². The summed E-state index contributed by atoms with van der Waals surface area (Å²) in [6.45, 7) is 8.37. The van der Waals surface area contributed by atoms with Gasteiger partial charge in [0, 0.05) is 0 Å². The zero-order valence-electron chi connectivity index (χ0n) is 9.76. The highest BCUT2D eigenvalue weighted by Crippen LogP contribution is 2.36. The van der Waals surface area contributed by atoms with Crippen LogP contribution in [0.15, 0.2) is 12.2 Å². The van der Waals surface area contributed by atoms with Crippen LogP contribution in [0.2, 0.25) is 0 Å². The van der Waals surface area contributed by atoms with E-state index in [1.807, 2.05) is 6.92 Å². The van der Waals surface area contributed by atoms with Gasteiger partial charge in [0.2, 0.25) is 0 Å². The van der Waals surface area contributed by atoms with Gasteiger partial charge in [0.1, 0.15) is 0 Å². The van der Waals surface area contributed by atoms with Gasteiger partial charge in [0.05, 0.1) is 6.04 Å². The summed E-state index contributed by atoms with van der Waals surface area (Å²) in [7, 11) is 0. The fourth-order valence-corrected chi connectivity index (χ4v) is 2.31. The van der Waals surface area contributed by atoms with E-state index in [0.29, 0.717) is 6.04 Å².